The van der Waals surface area contributed by atoms with Crippen molar-refractivity contribution in [1.82, 2.24) is 10.2 Å². The predicted molar refractivity (Wildman–Crippen MR) is 151 cm³/mol. The molecule has 3 rings (SSSR count). The van der Waals surface area contributed by atoms with E-state index in [1.807, 2.05) is 20.8 Å². The van der Waals surface area contributed by atoms with E-state index in [0.29, 0.717) is 12.2 Å². The van der Waals surface area contributed by atoms with Crippen molar-refractivity contribution in [3.63, 3.8) is 0 Å². The molecule has 1 atom stereocenters. The fourth-order valence-corrected chi connectivity index (χ4v) is 5.42. The summed E-state index contributed by atoms with van der Waals surface area (Å²) in [4.78, 5) is 28.0. The first-order valence-electron chi connectivity index (χ1n) is 13.0. The molecule has 0 heterocycles. The van der Waals surface area contributed by atoms with E-state index in [1.165, 1.54) is 29.2 Å². The van der Waals surface area contributed by atoms with Crippen molar-refractivity contribution in [3.05, 3.63) is 95.3 Å². The van der Waals surface area contributed by atoms with Gasteiger partial charge < -0.3 is 10.2 Å². The zero-order chi connectivity index (χ0) is 28.6. The number of carbonyl (C=O) groups is 2. The number of halogens is 1. The summed E-state index contributed by atoms with van der Waals surface area (Å²) in [5.74, 6) is -1.54. The Morgan fingerprint density at radius 1 is 0.923 bits per heavy atom. The number of amides is 2. The van der Waals surface area contributed by atoms with Gasteiger partial charge in [-0.05, 0) is 57.5 Å². The number of carbonyl (C=O) groups excluding carboxylic acids is 2. The summed E-state index contributed by atoms with van der Waals surface area (Å²) < 4.78 is 43.2. The Balaban J connectivity index is 2.00. The molecule has 0 aliphatic rings. The van der Waals surface area contributed by atoms with Gasteiger partial charge >= 0.3 is 0 Å². The highest BCUT2D eigenvalue weighted by Gasteiger charge is 2.32. The van der Waals surface area contributed by atoms with Gasteiger partial charge in [-0.1, -0.05) is 66.9 Å². The molecule has 0 spiro atoms. The molecule has 0 aromatic heterocycles. The highest BCUT2D eigenvalue weighted by Crippen LogP contribution is 2.25. The van der Waals surface area contributed by atoms with Crippen molar-refractivity contribution in [2.24, 2.45) is 0 Å². The molecule has 9 heteroatoms. The Labute approximate surface area is 230 Å². The predicted octanol–water partition coefficient (Wildman–Crippen LogP) is 4.97. The molecule has 1 unspecified atom stereocenters. The normalized spacial score (nSPS) is 12.0. The van der Waals surface area contributed by atoms with Crippen LogP contribution in [0.1, 0.15) is 43.4 Å². The van der Waals surface area contributed by atoms with Gasteiger partial charge in [0.2, 0.25) is 11.8 Å². The van der Waals surface area contributed by atoms with Crippen LogP contribution in [0.5, 0.6) is 0 Å². The van der Waals surface area contributed by atoms with Crippen molar-refractivity contribution < 1.29 is 22.4 Å². The first-order valence-corrected chi connectivity index (χ1v) is 14.4. The van der Waals surface area contributed by atoms with Gasteiger partial charge in [0.15, 0.2) is 0 Å². The largest absolute Gasteiger partial charge is 0.354 e. The summed E-state index contributed by atoms with van der Waals surface area (Å²) in [5, 5.41) is 2.81. The summed E-state index contributed by atoms with van der Waals surface area (Å²) in [7, 11) is -4.15. The first-order chi connectivity index (χ1) is 18.5. The highest BCUT2D eigenvalue weighted by molar-refractivity contribution is 7.92. The fraction of sp³-hybridized carbons (Fsp3) is 0.333. The lowest BCUT2D eigenvalue weighted by atomic mass is 10.1. The molecule has 3 aromatic carbocycles. The van der Waals surface area contributed by atoms with Gasteiger partial charge in [-0.25, -0.2) is 12.8 Å². The average Bonchev–Trinajstić information content (AvgIpc) is 2.91. The Kier molecular flexibility index (Phi) is 10.2. The quantitative estimate of drug-likeness (QED) is 0.321. The van der Waals surface area contributed by atoms with Gasteiger partial charge in [-0.2, -0.15) is 0 Å². The number of nitrogens with zero attached hydrogens (tertiary/aromatic N) is 2. The second kappa shape index (κ2) is 13.4. The Morgan fingerprint density at radius 3 is 2.10 bits per heavy atom. The zero-order valence-electron chi connectivity index (χ0n) is 22.9. The van der Waals surface area contributed by atoms with Crippen LogP contribution >= 0.6 is 0 Å². The van der Waals surface area contributed by atoms with Crippen LogP contribution < -0.4 is 9.62 Å². The number of sulfonamides is 1. The standard InChI is InChI=1S/C30H36FN3O4S/c1-5-6-19-32-30(36)24(4)33(20-25-9-7-8-10-28(25)31)29(35)21-34(26-15-11-22(2)12-16-26)39(37,38)27-17-13-23(3)14-18-27/h7-18,24H,5-6,19-21H2,1-4H3,(H,32,36). The molecule has 3 aromatic rings. The number of hydrogen-bond acceptors (Lipinski definition) is 4. The number of nitrogens with one attached hydrogen (secondary N) is 1. The van der Waals surface area contributed by atoms with Gasteiger partial charge in [0.1, 0.15) is 18.4 Å². The second-order valence-electron chi connectivity index (χ2n) is 9.59. The van der Waals surface area contributed by atoms with Gasteiger partial charge in [0.05, 0.1) is 10.6 Å². The van der Waals surface area contributed by atoms with Crippen LogP contribution in [-0.4, -0.2) is 44.3 Å². The SMILES string of the molecule is CCCCNC(=O)C(C)N(Cc1ccccc1F)C(=O)CN(c1ccc(C)cc1)S(=O)(=O)c1ccc(C)cc1. The molecular weight excluding hydrogens is 517 g/mol. The Morgan fingerprint density at radius 2 is 1.51 bits per heavy atom. The van der Waals surface area contributed by atoms with Crippen LogP contribution in [0.25, 0.3) is 0 Å². The smallest absolute Gasteiger partial charge is 0.264 e. The second-order valence-corrected chi connectivity index (χ2v) is 11.5. The van der Waals surface area contributed by atoms with E-state index in [9.17, 15) is 22.4 Å². The molecule has 0 saturated heterocycles. The molecule has 0 fully saturated rings. The van der Waals surface area contributed by atoms with E-state index in [4.69, 9.17) is 0 Å². The topological polar surface area (TPSA) is 86.8 Å². The average molecular weight is 554 g/mol. The number of rotatable bonds is 12. The number of benzene rings is 3. The van der Waals surface area contributed by atoms with Crippen LogP contribution in [0.4, 0.5) is 10.1 Å². The summed E-state index contributed by atoms with van der Waals surface area (Å²) in [5.41, 5.74) is 2.35. The van der Waals surface area contributed by atoms with E-state index < -0.39 is 40.2 Å². The molecule has 7 nitrogen and oxygen atoms in total. The summed E-state index contributed by atoms with van der Waals surface area (Å²) in [6, 6.07) is 18.2. The molecule has 39 heavy (non-hydrogen) atoms. The first kappa shape index (κ1) is 29.8. The van der Waals surface area contributed by atoms with Crippen LogP contribution in [-0.2, 0) is 26.2 Å². The number of unbranched alkanes of at least 4 members (excludes halogenated alkanes) is 1. The monoisotopic (exact) mass is 553 g/mol. The molecule has 0 aliphatic heterocycles. The molecule has 2 amide bonds. The Hall–Kier alpha value is -3.72. The van der Waals surface area contributed by atoms with Crippen molar-refractivity contribution in [2.75, 3.05) is 17.4 Å². The van der Waals surface area contributed by atoms with E-state index in [0.717, 1.165) is 28.3 Å². The molecule has 0 saturated carbocycles. The van der Waals surface area contributed by atoms with Crippen LogP contribution in [0.3, 0.4) is 0 Å². The van der Waals surface area contributed by atoms with Gasteiger partial charge in [0.25, 0.3) is 10.0 Å². The highest BCUT2D eigenvalue weighted by atomic mass is 32.2. The van der Waals surface area contributed by atoms with Gasteiger partial charge in [0, 0.05) is 18.7 Å². The minimum absolute atomic E-state index is 0.0347. The molecule has 208 valence electrons. The van der Waals surface area contributed by atoms with Crippen molar-refractivity contribution in [2.45, 2.75) is 58.0 Å². The van der Waals surface area contributed by atoms with Gasteiger partial charge in [-0.3, -0.25) is 13.9 Å². The third kappa shape index (κ3) is 7.66. The summed E-state index contributed by atoms with van der Waals surface area (Å²) in [6.07, 6.45) is 1.66. The molecule has 0 bridgehead atoms. The van der Waals surface area contributed by atoms with Crippen LogP contribution in [0, 0.1) is 19.7 Å². The van der Waals surface area contributed by atoms with E-state index >= 15 is 0 Å². The minimum atomic E-state index is -4.15. The van der Waals surface area contributed by atoms with E-state index in [2.05, 4.69) is 5.32 Å². The molecule has 0 aliphatic carbocycles. The maximum absolute atomic E-state index is 14.6. The van der Waals surface area contributed by atoms with Crippen molar-refractivity contribution in [1.29, 1.82) is 0 Å². The fourth-order valence-electron chi connectivity index (χ4n) is 4.01. The minimum Gasteiger partial charge on any atom is -0.354 e. The number of hydrogen-bond donors (Lipinski definition) is 1. The third-order valence-electron chi connectivity index (χ3n) is 6.51. The number of anilines is 1. The molecule has 0 radical (unpaired) electrons. The lowest BCUT2D eigenvalue weighted by molar-refractivity contribution is -0.139. The van der Waals surface area contributed by atoms with E-state index in [1.54, 1.807) is 55.5 Å². The van der Waals surface area contributed by atoms with Crippen LogP contribution in [0.15, 0.2) is 77.7 Å². The third-order valence-corrected chi connectivity index (χ3v) is 8.29. The maximum Gasteiger partial charge on any atom is 0.264 e. The van der Waals surface area contributed by atoms with Crippen molar-refractivity contribution >= 4 is 27.5 Å². The van der Waals surface area contributed by atoms with Gasteiger partial charge in [-0.15, -0.1) is 0 Å². The Bertz CT molecular complexity index is 1380. The zero-order valence-corrected chi connectivity index (χ0v) is 23.7. The van der Waals surface area contributed by atoms with Crippen molar-refractivity contribution in [3.8, 4) is 0 Å². The van der Waals surface area contributed by atoms with E-state index in [-0.39, 0.29) is 17.0 Å². The summed E-state index contributed by atoms with van der Waals surface area (Å²) in [6.45, 7) is 6.97. The molecule has 1 N–H and O–H groups in total. The maximum atomic E-state index is 14.6. The molecular formula is C30H36FN3O4S. The summed E-state index contributed by atoms with van der Waals surface area (Å²) >= 11 is 0. The van der Waals surface area contributed by atoms with Crippen LogP contribution in [0.2, 0.25) is 0 Å². The lowest BCUT2D eigenvalue weighted by Crippen LogP contribution is -2.51. The lowest BCUT2D eigenvalue weighted by Gasteiger charge is -2.32. The number of aryl methyl sites for hydroxylation is 2.